The number of aromatic nitrogens is 1. The van der Waals surface area contributed by atoms with Gasteiger partial charge in [-0.2, -0.15) is 0 Å². The lowest BCUT2D eigenvalue weighted by molar-refractivity contribution is -0.115. The minimum Gasteiger partial charge on any atom is -0.341 e. The van der Waals surface area contributed by atoms with Crippen molar-refractivity contribution in [3.05, 3.63) is 102 Å². The Labute approximate surface area is 224 Å². The number of carbonyl (C=O) groups excluding carboxylic acids is 2. The lowest BCUT2D eigenvalue weighted by Gasteiger charge is -2.13. The van der Waals surface area contributed by atoms with E-state index in [0.29, 0.717) is 16.3 Å². The van der Waals surface area contributed by atoms with E-state index in [4.69, 9.17) is 11.6 Å². The average molecular weight is 528 g/mol. The van der Waals surface area contributed by atoms with Crippen molar-refractivity contribution in [2.75, 3.05) is 10.6 Å². The Morgan fingerprint density at radius 1 is 0.838 bits per heavy atom. The highest BCUT2D eigenvalue weighted by Gasteiger charge is 2.16. The molecule has 4 aromatic carbocycles. The third kappa shape index (κ3) is 5.36. The number of hydrogen-bond donors (Lipinski definition) is 2. The predicted molar refractivity (Wildman–Crippen MR) is 155 cm³/mol. The van der Waals surface area contributed by atoms with Gasteiger partial charge in [-0.25, -0.2) is 0 Å². The lowest BCUT2D eigenvalue weighted by Crippen LogP contribution is -2.22. The summed E-state index contributed by atoms with van der Waals surface area (Å²) in [5.74, 6) is -0.295. The summed E-state index contributed by atoms with van der Waals surface area (Å²) in [6, 6.07) is 28.7. The second-order valence-electron chi connectivity index (χ2n) is 8.73. The Morgan fingerprint density at radius 2 is 1.57 bits per heavy atom. The van der Waals surface area contributed by atoms with E-state index in [-0.39, 0.29) is 17.1 Å². The fraction of sp³-hybridized carbons (Fsp3) is 0.133. The molecule has 5 aromatic rings. The van der Waals surface area contributed by atoms with Crippen LogP contribution in [0.4, 0.5) is 11.4 Å². The molecule has 0 saturated carbocycles. The van der Waals surface area contributed by atoms with Crippen molar-refractivity contribution in [3.63, 3.8) is 0 Å². The number of rotatable bonds is 7. The number of benzene rings is 4. The van der Waals surface area contributed by atoms with E-state index in [1.165, 1.54) is 22.7 Å². The molecule has 0 fully saturated rings. The van der Waals surface area contributed by atoms with Crippen molar-refractivity contribution in [2.45, 2.75) is 30.5 Å². The number of fused-ring (bicyclic) bond motifs is 3. The zero-order valence-electron chi connectivity index (χ0n) is 20.5. The van der Waals surface area contributed by atoms with Crippen molar-refractivity contribution < 1.29 is 9.59 Å². The molecule has 2 amide bonds. The number of nitrogens with zero attached hydrogens (tertiary/aromatic N) is 1. The number of anilines is 2. The van der Waals surface area contributed by atoms with Gasteiger partial charge in [-0.1, -0.05) is 35.9 Å². The van der Waals surface area contributed by atoms with Crippen LogP contribution in [0.2, 0.25) is 5.02 Å². The fourth-order valence-electron chi connectivity index (χ4n) is 4.42. The maximum absolute atomic E-state index is 13.0. The summed E-state index contributed by atoms with van der Waals surface area (Å²) in [5, 5.41) is 8.45. The number of halogens is 1. The van der Waals surface area contributed by atoms with Crippen molar-refractivity contribution in [1.82, 2.24) is 4.57 Å². The Bertz CT molecular complexity index is 1610. The van der Waals surface area contributed by atoms with Crippen molar-refractivity contribution in [2.24, 2.45) is 0 Å². The number of nitrogens with one attached hydrogen (secondary N) is 2. The van der Waals surface area contributed by atoms with Crippen molar-refractivity contribution in [1.29, 1.82) is 0 Å². The SMILES string of the molecule is CCn1c2ccccc2c2cc(NC(=O)C(C)Sc3ccc(NC(=O)c4cccc(Cl)c4)cc3)ccc21. The number of aryl methyl sites for hydroxylation is 1. The Hall–Kier alpha value is -3.74. The van der Waals surface area contributed by atoms with Crippen LogP contribution in [-0.4, -0.2) is 21.6 Å². The van der Waals surface area contributed by atoms with Crippen LogP contribution in [0, 0.1) is 0 Å². The molecule has 2 N–H and O–H groups in total. The molecule has 5 rings (SSSR count). The first-order valence-corrected chi connectivity index (χ1v) is 13.3. The van der Waals surface area contributed by atoms with Gasteiger partial charge in [0.1, 0.15) is 0 Å². The standard InChI is InChI=1S/C30H26ClN3O2S/c1-3-34-27-10-5-4-9-25(27)26-18-23(13-16-28(26)34)33-29(35)19(2)37-24-14-11-22(12-15-24)32-30(36)20-7-6-8-21(31)17-20/h4-19H,3H2,1-2H3,(H,32,36)(H,33,35). The van der Waals surface area contributed by atoms with Gasteiger partial charge >= 0.3 is 0 Å². The number of carbonyl (C=O) groups is 2. The summed E-state index contributed by atoms with van der Waals surface area (Å²) < 4.78 is 2.29. The van der Waals surface area contributed by atoms with Gasteiger partial charge in [0.2, 0.25) is 5.91 Å². The molecule has 0 radical (unpaired) electrons. The van der Waals surface area contributed by atoms with Crippen LogP contribution in [0.3, 0.4) is 0 Å². The first-order chi connectivity index (χ1) is 17.9. The summed E-state index contributed by atoms with van der Waals surface area (Å²) in [6.45, 7) is 4.91. The van der Waals surface area contributed by atoms with Crippen LogP contribution < -0.4 is 10.6 Å². The average Bonchev–Trinajstić information content (AvgIpc) is 3.22. The van der Waals surface area contributed by atoms with Gasteiger partial charge in [0, 0.05) is 55.2 Å². The van der Waals surface area contributed by atoms with Gasteiger partial charge in [0.25, 0.3) is 5.91 Å². The summed E-state index contributed by atoms with van der Waals surface area (Å²) in [6.07, 6.45) is 0. The van der Waals surface area contributed by atoms with Crippen molar-refractivity contribution >= 4 is 68.4 Å². The topological polar surface area (TPSA) is 63.1 Å². The van der Waals surface area contributed by atoms with Gasteiger partial charge in [0.15, 0.2) is 0 Å². The molecule has 0 aliphatic carbocycles. The van der Waals surface area contributed by atoms with Gasteiger partial charge in [-0.05, 0) is 80.6 Å². The number of para-hydroxylation sites is 1. The van der Waals surface area contributed by atoms with E-state index in [2.05, 4.69) is 52.5 Å². The first kappa shape index (κ1) is 24.9. The van der Waals surface area contributed by atoms with Gasteiger partial charge in [-0.3, -0.25) is 9.59 Å². The molecule has 0 aliphatic heterocycles. The quantitative estimate of drug-likeness (QED) is 0.212. The van der Waals surface area contributed by atoms with E-state index >= 15 is 0 Å². The molecule has 1 unspecified atom stereocenters. The Balaban J connectivity index is 1.24. The van der Waals surface area contributed by atoms with Crippen LogP contribution in [0.1, 0.15) is 24.2 Å². The zero-order chi connectivity index (χ0) is 25.9. The number of amides is 2. The summed E-state index contributed by atoms with van der Waals surface area (Å²) in [4.78, 5) is 26.3. The highest BCUT2D eigenvalue weighted by atomic mass is 35.5. The summed E-state index contributed by atoms with van der Waals surface area (Å²) in [7, 11) is 0. The maximum Gasteiger partial charge on any atom is 0.255 e. The summed E-state index contributed by atoms with van der Waals surface area (Å²) in [5.41, 5.74) is 4.30. The molecule has 7 heteroatoms. The fourth-order valence-corrected chi connectivity index (χ4v) is 5.48. The molecule has 186 valence electrons. The molecule has 37 heavy (non-hydrogen) atoms. The molecular weight excluding hydrogens is 502 g/mol. The molecule has 0 aliphatic rings. The van der Waals surface area contributed by atoms with E-state index in [9.17, 15) is 9.59 Å². The zero-order valence-corrected chi connectivity index (χ0v) is 22.1. The third-order valence-corrected chi connectivity index (χ3v) is 7.58. The highest BCUT2D eigenvalue weighted by molar-refractivity contribution is 8.00. The van der Waals surface area contributed by atoms with Gasteiger partial charge < -0.3 is 15.2 Å². The second-order valence-corrected chi connectivity index (χ2v) is 10.6. The van der Waals surface area contributed by atoms with Crippen molar-refractivity contribution in [3.8, 4) is 0 Å². The maximum atomic E-state index is 13.0. The predicted octanol–water partition coefficient (Wildman–Crippen LogP) is 7.84. The molecule has 0 spiro atoms. The molecule has 1 aromatic heterocycles. The smallest absolute Gasteiger partial charge is 0.255 e. The number of thioether (sulfide) groups is 1. The Kier molecular flexibility index (Phi) is 7.22. The van der Waals surface area contributed by atoms with Crippen LogP contribution in [0.5, 0.6) is 0 Å². The molecule has 0 saturated heterocycles. The van der Waals surface area contributed by atoms with E-state index < -0.39 is 0 Å². The van der Waals surface area contributed by atoms with E-state index in [1.54, 1.807) is 24.3 Å². The Morgan fingerprint density at radius 3 is 2.32 bits per heavy atom. The molecular formula is C30H26ClN3O2S. The molecule has 5 nitrogen and oxygen atoms in total. The van der Waals surface area contributed by atoms with E-state index in [1.807, 2.05) is 43.3 Å². The normalized spacial score (nSPS) is 12.0. The molecule has 1 atom stereocenters. The largest absolute Gasteiger partial charge is 0.341 e. The van der Waals surface area contributed by atoms with Crippen LogP contribution in [0.25, 0.3) is 21.8 Å². The van der Waals surface area contributed by atoms with Gasteiger partial charge in [0.05, 0.1) is 5.25 Å². The van der Waals surface area contributed by atoms with Crippen LogP contribution in [-0.2, 0) is 11.3 Å². The highest BCUT2D eigenvalue weighted by Crippen LogP contribution is 2.32. The minimum atomic E-state index is -0.306. The monoisotopic (exact) mass is 527 g/mol. The first-order valence-electron chi connectivity index (χ1n) is 12.1. The van der Waals surface area contributed by atoms with Crippen LogP contribution in [0.15, 0.2) is 95.9 Å². The lowest BCUT2D eigenvalue weighted by atomic mass is 10.1. The minimum absolute atomic E-state index is 0.0677. The number of hydrogen-bond acceptors (Lipinski definition) is 3. The second kappa shape index (κ2) is 10.7. The summed E-state index contributed by atoms with van der Waals surface area (Å²) >= 11 is 7.44. The molecule has 1 heterocycles. The third-order valence-electron chi connectivity index (χ3n) is 6.24. The van der Waals surface area contributed by atoms with Gasteiger partial charge in [-0.15, -0.1) is 11.8 Å². The van der Waals surface area contributed by atoms with E-state index in [0.717, 1.165) is 28.0 Å². The van der Waals surface area contributed by atoms with Crippen LogP contribution >= 0.6 is 23.4 Å². The molecule has 0 bridgehead atoms.